The summed E-state index contributed by atoms with van der Waals surface area (Å²) in [6, 6.07) is 9.83. The van der Waals surface area contributed by atoms with Crippen LogP contribution in [0.1, 0.15) is 80.2 Å². The number of hydrogen-bond donors (Lipinski definition) is 3. The van der Waals surface area contributed by atoms with Gasteiger partial charge < -0.3 is 25.1 Å². The number of anilines is 1. The molecule has 0 saturated heterocycles. The van der Waals surface area contributed by atoms with Crippen LogP contribution in [0.15, 0.2) is 47.1 Å². The van der Waals surface area contributed by atoms with E-state index in [-0.39, 0.29) is 17.6 Å². The fourth-order valence-corrected chi connectivity index (χ4v) is 3.93. The third-order valence-corrected chi connectivity index (χ3v) is 5.56. The Bertz CT molecular complexity index is 937. The normalized spacial score (nSPS) is 15.7. The lowest BCUT2D eigenvalue weighted by Gasteiger charge is -2.35. The van der Waals surface area contributed by atoms with Gasteiger partial charge in [0.2, 0.25) is 0 Å². The second-order valence-electron chi connectivity index (χ2n) is 9.51. The van der Waals surface area contributed by atoms with E-state index in [1.807, 2.05) is 20.8 Å². The molecular weight excluding hydrogens is 422 g/mol. The van der Waals surface area contributed by atoms with Gasteiger partial charge in [-0.3, -0.25) is 9.59 Å². The zero-order valence-corrected chi connectivity index (χ0v) is 19.5. The predicted octanol–water partition coefficient (Wildman–Crippen LogP) is 4.88. The second-order valence-corrected chi connectivity index (χ2v) is 9.51. The lowest BCUT2D eigenvalue weighted by molar-refractivity contribution is 0.0437. The van der Waals surface area contributed by atoms with Crippen molar-refractivity contribution in [1.29, 1.82) is 0 Å². The van der Waals surface area contributed by atoms with Gasteiger partial charge >= 0.3 is 6.09 Å². The summed E-state index contributed by atoms with van der Waals surface area (Å²) >= 11 is 0. The van der Waals surface area contributed by atoms with Gasteiger partial charge in [-0.2, -0.15) is 0 Å². The summed E-state index contributed by atoms with van der Waals surface area (Å²) in [5.41, 5.74) is -0.106. The van der Waals surface area contributed by atoms with Crippen molar-refractivity contribution in [2.75, 3.05) is 11.9 Å². The highest BCUT2D eigenvalue weighted by atomic mass is 16.6. The van der Waals surface area contributed by atoms with Gasteiger partial charge in [-0.05, 0) is 70.0 Å². The van der Waals surface area contributed by atoms with Crippen molar-refractivity contribution in [3.63, 3.8) is 0 Å². The van der Waals surface area contributed by atoms with Crippen LogP contribution in [0, 0.1) is 0 Å². The van der Waals surface area contributed by atoms with Crippen LogP contribution < -0.4 is 16.0 Å². The third kappa shape index (κ3) is 7.37. The molecule has 1 aromatic heterocycles. The first-order valence-corrected chi connectivity index (χ1v) is 11.4. The minimum Gasteiger partial charge on any atom is -0.459 e. The van der Waals surface area contributed by atoms with E-state index in [0.29, 0.717) is 17.8 Å². The molecule has 2 aromatic rings. The molecule has 3 N–H and O–H groups in total. The van der Waals surface area contributed by atoms with Gasteiger partial charge in [0.05, 0.1) is 11.8 Å². The van der Waals surface area contributed by atoms with E-state index in [9.17, 15) is 14.4 Å². The van der Waals surface area contributed by atoms with Crippen molar-refractivity contribution >= 4 is 23.6 Å². The zero-order valence-electron chi connectivity index (χ0n) is 19.5. The number of alkyl carbamates (subject to hydrolysis) is 1. The number of furan rings is 1. The van der Waals surface area contributed by atoms with Crippen molar-refractivity contribution in [3.8, 4) is 0 Å². The molecule has 8 nitrogen and oxygen atoms in total. The summed E-state index contributed by atoms with van der Waals surface area (Å²) in [7, 11) is 0. The Balaban J connectivity index is 1.61. The summed E-state index contributed by atoms with van der Waals surface area (Å²) in [6.45, 7) is 5.81. The topological polar surface area (TPSA) is 110 Å². The maximum atomic E-state index is 12.8. The number of benzene rings is 1. The van der Waals surface area contributed by atoms with Crippen molar-refractivity contribution < 1.29 is 23.5 Å². The number of ether oxygens (including phenoxy) is 1. The standard InChI is InChI=1S/C25H33N3O5/c1-24(2,3)33-23(31)28-25(14-6-4-5-7-15-25)17-26-21(29)18-10-12-19(13-11-18)27-22(30)20-9-8-16-32-20/h8-13,16H,4-7,14-15,17H2,1-3H3,(H,26,29)(H,27,30)(H,28,31). The van der Waals surface area contributed by atoms with Crippen LogP contribution in [0.25, 0.3) is 0 Å². The number of carbonyl (C=O) groups excluding carboxylic acids is 3. The molecule has 1 aromatic carbocycles. The minimum absolute atomic E-state index is 0.211. The summed E-state index contributed by atoms with van der Waals surface area (Å²) in [6.07, 6.45) is 6.71. The Labute approximate surface area is 194 Å². The quantitative estimate of drug-likeness (QED) is 0.538. The number of rotatable bonds is 6. The van der Waals surface area contributed by atoms with E-state index in [1.54, 1.807) is 36.4 Å². The van der Waals surface area contributed by atoms with Crippen LogP contribution in [0.2, 0.25) is 0 Å². The largest absolute Gasteiger partial charge is 0.459 e. The maximum absolute atomic E-state index is 12.8. The van der Waals surface area contributed by atoms with E-state index in [1.165, 1.54) is 6.26 Å². The number of amides is 3. The van der Waals surface area contributed by atoms with Crippen molar-refractivity contribution in [2.24, 2.45) is 0 Å². The molecule has 1 fully saturated rings. The Morgan fingerprint density at radius 1 is 0.970 bits per heavy atom. The Morgan fingerprint density at radius 3 is 2.21 bits per heavy atom. The summed E-state index contributed by atoms with van der Waals surface area (Å²) in [5.74, 6) is -0.391. The molecule has 0 aliphatic heterocycles. The molecule has 8 heteroatoms. The molecular formula is C25H33N3O5. The Morgan fingerprint density at radius 2 is 1.64 bits per heavy atom. The summed E-state index contributed by atoms with van der Waals surface area (Å²) in [5, 5.41) is 8.75. The molecule has 0 unspecified atom stereocenters. The van der Waals surface area contributed by atoms with Gasteiger partial charge in [0.25, 0.3) is 11.8 Å². The number of nitrogens with one attached hydrogen (secondary N) is 3. The van der Waals surface area contributed by atoms with Crippen LogP contribution in [0.3, 0.4) is 0 Å². The van der Waals surface area contributed by atoms with Gasteiger partial charge in [0.15, 0.2) is 5.76 Å². The average Bonchev–Trinajstić information content (AvgIpc) is 3.19. The molecule has 0 spiro atoms. The highest BCUT2D eigenvalue weighted by Gasteiger charge is 2.34. The smallest absolute Gasteiger partial charge is 0.408 e. The van der Waals surface area contributed by atoms with E-state index in [0.717, 1.165) is 38.5 Å². The number of hydrogen-bond acceptors (Lipinski definition) is 5. The van der Waals surface area contributed by atoms with Crippen LogP contribution in [-0.4, -0.2) is 35.6 Å². The highest BCUT2D eigenvalue weighted by Crippen LogP contribution is 2.27. The second kappa shape index (κ2) is 10.6. The SMILES string of the molecule is CC(C)(C)OC(=O)NC1(CNC(=O)c2ccc(NC(=O)c3ccco3)cc2)CCCCCC1. The Kier molecular flexibility index (Phi) is 7.79. The molecule has 33 heavy (non-hydrogen) atoms. The fraction of sp³-hybridized carbons (Fsp3) is 0.480. The zero-order chi connectivity index (χ0) is 23.9. The lowest BCUT2D eigenvalue weighted by Crippen LogP contribution is -2.56. The third-order valence-electron chi connectivity index (χ3n) is 5.56. The van der Waals surface area contributed by atoms with Gasteiger partial charge in [-0.15, -0.1) is 0 Å². The monoisotopic (exact) mass is 455 g/mol. The molecule has 3 rings (SSSR count). The van der Waals surface area contributed by atoms with Crippen molar-refractivity contribution in [2.45, 2.75) is 70.4 Å². The summed E-state index contributed by atoms with van der Waals surface area (Å²) in [4.78, 5) is 37.4. The van der Waals surface area contributed by atoms with Gasteiger partial charge in [-0.1, -0.05) is 25.7 Å². The van der Waals surface area contributed by atoms with Gasteiger partial charge in [0.1, 0.15) is 5.60 Å². The number of carbonyl (C=O) groups is 3. The van der Waals surface area contributed by atoms with Crippen molar-refractivity contribution in [3.05, 3.63) is 54.0 Å². The maximum Gasteiger partial charge on any atom is 0.408 e. The van der Waals surface area contributed by atoms with Crippen LogP contribution in [0.5, 0.6) is 0 Å². The van der Waals surface area contributed by atoms with E-state index in [2.05, 4.69) is 16.0 Å². The van der Waals surface area contributed by atoms with Crippen molar-refractivity contribution in [1.82, 2.24) is 10.6 Å². The molecule has 178 valence electrons. The first-order valence-electron chi connectivity index (χ1n) is 11.4. The molecule has 1 aliphatic rings. The molecule has 1 saturated carbocycles. The Hall–Kier alpha value is -3.29. The lowest BCUT2D eigenvalue weighted by atomic mass is 9.90. The summed E-state index contributed by atoms with van der Waals surface area (Å²) < 4.78 is 10.5. The van der Waals surface area contributed by atoms with Crippen LogP contribution in [-0.2, 0) is 4.74 Å². The van der Waals surface area contributed by atoms with Gasteiger partial charge in [-0.25, -0.2) is 4.79 Å². The first kappa shape index (κ1) is 24.4. The minimum atomic E-state index is -0.590. The molecule has 0 atom stereocenters. The molecule has 3 amide bonds. The molecule has 0 radical (unpaired) electrons. The van der Waals surface area contributed by atoms with Gasteiger partial charge in [0, 0.05) is 17.8 Å². The molecule has 0 bridgehead atoms. The van der Waals surface area contributed by atoms with E-state index < -0.39 is 17.2 Å². The predicted molar refractivity (Wildman–Crippen MR) is 125 cm³/mol. The van der Waals surface area contributed by atoms with E-state index in [4.69, 9.17) is 9.15 Å². The first-order chi connectivity index (χ1) is 15.7. The average molecular weight is 456 g/mol. The highest BCUT2D eigenvalue weighted by molar-refractivity contribution is 6.02. The van der Waals surface area contributed by atoms with Crippen LogP contribution in [0.4, 0.5) is 10.5 Å². The fourth-order valence-electron chi connectivity index (χ4n) is 3.93. The molecule has 1 heterocycles. The van der Waals surface area contributed by atoms with Crippen LogP contribution >= 0.6 is 0 Å². The van der Waals surface area contributed by atoms with E-state index >= 15 is 0 Å². The molecule has 1 aliphatic carbocycles.